The first-order valence-corrected chi connectivity index (χ1v) is 6.20. The molecule has 2 aromatic carbocycles. The van der Waals surface area contributed by atoms with Crippen molar-refractivity contribution in [1.29, 1.82) is 5.26 Å². The molecule has 0 aliphatic carbocycles. The average molecular weight is 284 g/mol. The molecule has 0 N–H and O–H groups in total. The van der Waals surface area contributed by atoms with Crippen molar-refractivity contribution in [2.45, 2.75) is 0 Å². The highest BCUT2D eigenvalue weighted by atomic mass is 16.6. The summed E-state index contributed by atoms with van der Waals surface area (Å²) in [4.78, 5) is 10.2. The lowest BCUT2D eigenvalue weighted by molar-refractivity contribution is -0.385. The van der Waals surface area contributed by atoms with Crippen LogP contribution in [-0.2, 0) is 0 Å². The Morgan fingerprint density at radius 1 is 1.05 bits per heavy atom. The third-order valence-electron chi connectivity index (χ3n) is 2.67. The number of hydrogen-bond acceptors (Lipinski definition) is 5. The second kappa shape index (κ2) is 6.91. The normalized spacial score (nSPS) is 9.67. The predicted molar refractivity (Wildman–Crippen MR) is 75.2 cm³/mol. The number of para-hydroxylation sites is 1. The zero-order valence-corrected chi connectivity index (χ0v) is 11.1. The van der Waals surface area contributed by atoms with Gasteiger partial charge in [-0.2, -0.15) is 5.26 Å². The van der Waals surface area contributed by atoms with Gasteiger partial charge in [0.05, 0.1) is 4.92 Å². The van der Waals surface area contributed by atoms with Gasteiger partial charge in [-0.15, -0.1) is 0 Å². The lowest BCUT2D eigenvalue weighted by atomic mass is 10.2. The van der Waals surface area contributed by atoms with E-state index in [0.717, 1.165) is 0 Å². The van der Waals surface area contributed by atoms with E-state index in [1.54, 1.807) is 6.07 Å². The molecule has 0 aromatic heterocycles. The Morgan fingerprint density at radius 2 is 1.76 bits per heavy atom. The van der Waals surface area contributed by atoms with Gasteiger partial charge in [0.1, 0.15) is 30.8 Å². The molecule has 6 nitrogen and oxygen atoms in total. The lowest BCUT2D eigenvalue weighted by Gasteiger charge is -2.09. The largest absolute Gasteiger partial charge is 0.490 e. The summed E-state index contributed by atoms with van der Waals surface area (Å²) in [6, 6.07) is 15.3. The number of ether oxygens (including phenoxy) is 2. The summed E-state index contributed by atoms with van der Waals surface area (Å²) in [5.74, 6) is 0.893. The molecule has 0 heterocycles. The van der Waals surface area contributed by atoms with Crippen molar-refractivity contribution in [3.63, 3.8) is 0 Å². The van der Waals surface area contributed by atoms with Crippen LogP contribution in [0.4, 0.5) is 5.69 Å². The standard InChI is InChI=1S/C15H12N2O4/c16-11-13-14(17(18)19)7-4-8-15(13)21-10-9-20-12-5-2-1-3-6-12/h1-8H,9-10H2. The zero-order chi connectivity index (χ0) is 15.1. The Hall–Kier alpha value is -3.07. The SMILES string of the molecule is N#Cc1c(OCCOc2ccccc2)cccc1[N+](=O)[O-]. The van der Waals surface area contributed by atoms with Crippen LogP contribution in [-0.4, -0.2) is 18.1 Å². The molecule has 2 aromatic rings. The first kappa shape index (κ1) is 14.3. The van der Waals surface area contributed by atoms with E-state index in [1.807, 2.05) is 30.3 Å². The van der Waals surface area contributed by atoms with Crippen molar-refractivity contribution in [2.24, 2.45) is 0 Å². The number of benzene rings is 2. The van der Waals surface area contributed by atoms with Crippen molar-refractivity contribution in [2.75, 3.05) is 13.2 Å². The average Bonchev–Trinajstić information content (AvgIpc) is 2.52. The molecule has 0 unspecified atom stereocenters. The molecule has 0 bridgehead atoms. The Labute approximate surface area is 121 Å². The first-order valence-electron chi connectivity index (χ1n) is 6.20. The van der Waals surface area contributed by atoms with Gasteiger partial charge in [0.25, 0.3) is 5.69 Å². The molecule has 0 aliphatic rings. The smallest absolute Gasteiger partial charge is 0.290 e. The van der Waals surface area contributed by atoms with Gasteiger partial charge in [0.2, 0.25) is 0 Å². The van der Waals surface area contributed by atoms with E-state index in [4.69, 9.17) is 14.7 Å². The molecule has 0 amide bonds. The zero-order valence-electron chi connectivity index (χ0n) is 11.1. The van der Waals surface area contributed by atoms with Gasteiger partial charge in [0, 0.05) is 6.07 Å². The number of nitro benzene ring substituents is 1. The summed E-state index contributed by atoms with van der Waals surface area (Å²) in [6.45, 7) is 0.461. The van der Waals surface area contributed by atoms with E-state index in [2.05, 4.69) is 0 Å². The second-order valence-corrected chi connectivity index (χ2v) is 4.03. The van der Waals surface area contributed by atoms with Crippen LogP contribution >= 0.6 is 0 Å². The topological polar surface area (TPSA) is 85.4 Å². The highest BCUT2D eigenvalue weighted by Crippen LogP contribution is 2.27. The summed E-state index contributed by atoms with van der Waals surface area (Å²) in [6.07, 6.45) is 0. The molecular formula is C15H12N2O4. The summed E-state index contributed by atoms with van der Waals surface area (Å²) in [7, 11) is 0. The maximum atomic E-state index is 10.8. The van der Waals surface area contributed by atoms with Crippen molar-refractivity contribution >= 4 is 5.69 Å². The van der Waals surface area contributed by atoms with Gasteiger partial charge >= 0.3 is 0 Å². The quantitative estimate of drug-likeness (QED) is 0.462. The molecule has 6 heteroatoms. The number of nitro groups is 1. The summed E-state index contributed by atoms with van der Waals surface area (Å²) < 4.78 is 10.8. The predicted octanol–water partition coefficient (Wildman–Crippen LogP) is 2.92. The molecule has 106 valence electrons. The number of rotatable bonds is 6. The number of nitrogens with zero attached hydrogens (tertiary/aromatic N) is 2. The van der Waals surface area contributed by atoms with Crippen LogP contribution in [0.2, 0.25) is 0 Å². The van der Waals surface area contributed by atoms with Gasteiger partial charge in [-0.3, -0.25) is 10.1 Å². The first-order chi connectivity index (χ1) is 10.2. The van der Waals surface area contributed by atoms with E-state index >= 15 is 0 Å². The minimum absolute atomic E-state index is 0.0813. The Bertz CT molecular complexity index is 665. The molecule has 0 fully saturated rings. The van der Waals surface area contributed by atoms with E-state index in [-0.39, 0.29) is 30.2 Å². The summed E-state index contributed by atoms with van der Waals surface area (Å²) >= 11 is 0. The van der Waals surface area contributed by atoms with Gasteiger partial charge in [-0.05, 0) is 18.2 Å². The van der Waals surface area contributed by atoms with Crippen molar-refractivity contribution < 1.29 is 14.4 Å². The fourth-order valence-electron chi connectivity index (χ4n) is 1.73. The minimum Gasteiger partial charge on any atom is -0.490 e. The van der Waals surface area contributed by atoms with Crippen molar-refractivity contribution in [1.82, 2.24) is 0 Å². The summed E-state index contributed by atoms with van der Waals surface area (Å²) in [5.41, 5.74) is -0.346. The van der Waals surface area contributed by atoms with Crippen LogP contribution in [0.15, 0.2) is 48.5 Å². The molecule has 0 spiro atoms. The van der Waals surface area contributed by atoms with E-state index < -0.39 is 4.92 Å². The third kappa shape index (κ3) is 3.70. The van der Waals surface area contributed by atoms with Crippen LogP contribution in [0, 0.1) is 21.4 Å². The fourth-order valence-corrected chi connectivity index (χ4v) is 1.73. The van der Waals surface area contributed by atoms with Crippen molar-refractivity contribution in [3.05, 3.63) is 64.2 Å². The van der Waals surface area contributed by atoms with Gasteiger partial charge in [-0.25, -0.2) is 0 Å². The summed E-state index contributed by atoms with van der Waals surface area (Å²) in [5, 5.41) is 19.8. The monoisotopic (exact) mass is 284 g/mol. The molecular weight excluding hydrogens is 272 g/mol. The van der Waals surface area contributed by atoms with Gasteiger partial charge in [-0.1, -0.05) is 24.3 Å². The maximum absolute atomic E-state index is 10.8. The molecule has 0 aliphatic heterocycles. The van der Waals surface area contributed by atoms with E-state index in [0.29, 0.717) is 5.75 Å². The molecule has 0 saturated carbocycles. The Morgan fingerprint density at radius 3 is 2.43 bits per heavy atom. The Kier molecular flexibility index (Phi) is 4.72. The molecule has 0 atom stereocenters. The third-order valence-corrected chi connectivity index (χ3v) is 2.67. The maximum Gasteiger partial charge on any atom is 0.290 e. The highest BCUT2D eigenvalue weighted by molar-refractivity contribution is 5.56. The van der Waals surface area contributed by atoms with E-state index in [1.165, 1.54) is 18.2 Å². The fraction of sp³-hybridized carbons (Fsp3) is 0.133. The highest BCUT2D eigenvalue weighted by Gasteiger charge is 2.17. The van der Waals surface area contributed by atoms with Crippen molar-refractivity contribution in [3.8, 4) is 17.6 Å². The van der Waals surface area contributed by atoms with E-state index in [9.17, 15) is 10.1 Å². The molecule has 21 heavy (non-hydrogen) atoms. The van der Waals surface area contributed by atoms with Gasteiger partial charge in [0.15, 0.2) is 5.56 Å². The number of hydrogen-bond donors (Lipinski definition) is 0. The van der Waals surface area contributed by atoms with Crippen LogP contribution in [0.1, 0.15) is 5.56 Å². The van der Waals surface area contributed by atoms with Crippen LogP contribution < -0.4 is 9.47 Å². The van der Waals surface area contributed by atoms with Crippen LogP contribution in [0.3, 0.4) is 0 Å². The molecule has 0 saturated heterocycles. The molecule has 2 rings (SSSR count). The minimum atomic E-state index is -0.605. The van der Waals surface area contributed by atoms with Crippen LogP contribution in [0.5, 0.6) is 11.5 Å². The molecule has 0 radical (unpaired) electrons. The second-order valence-electron chi connectivity index (χ2n) is 4.03. The van der Waals surface area contributed by atoms with Crippen LogP contribution in [0.25, 0.3) is 0 Å². The lowest BCUT2D eigenvalue weighted by Crippen LogP contribution is -2.10. The number of nitriles is 1. The Balaban J connectivity index is 1.96. The van der Waals surface area contributed by atoms with Gasteiger partial charge < -0.3 is 9.47 Å².